The molecule has 2 saturated heterocycles. The molecule has 1 amide bonds. The van der Waals surface area contributed by atoms with Crippen LogP contribution in [0.4, 0.5) is 0 Å². The quantitative estimate of drug-likeness (QED) is 0.645. The molecule has 1 N–H and O–H groups in total. The van der Waals surface area contributed by atoms with Crippen LogP contribution >= 0.6 is 0 Å². The van der Waals surface area contributed by atoms with Crippen molar-refractivity contribution in [1.29, 1.82) is 0 Å². The second-order valence-electron chi connectivity index (χ2n) is 8.34. The van der Waals surface area contributed by atoms with Crippen molar-refractivity contribution >= 4 is 15.9 Å². The van der Waals surface area contributed by atoms with Crippen molar-refractivity contribution < 1.29 is 13.2 Å². The average Bonchev–Trinajstić information content (AvgIpc) is 3.45. The van der Waals surface area contributed by atoms with E-state index in [1.165, 1.54) is 12.3 Å². The van der Waals surface area contributed by atoms with Crippen LogP contribution in [0.25, 0.3) is 0 Å². The molecule has 9 heteroatoms. The predicted molar refractivity (Wildman–Crippen MR) is 114 cm³/mol. The minimum atomic E-state index is -3.67. The van der Waals surface area contributed by atoms with E-state index in [0.29, 0.717) is 25.3 Å². The van der Waals surface area contributed by atoms with Crippen molar-refractivity contribution in [3.63, 3.8) is 0 Å². The number of carbonyl (C=O) groups excluding carboxylic acids is 1. The van der Waals surface area contributed by atoms with E-state index in [-0.39, 0.29) is 16.8 Å². The fourth-order valence-corrected chi connectivity index (χ4v) is 5.72. The Bertz CT molecular complexity index is 786. The Labute approximate surface area is 174 Å². The first-order chi connectivity index (χ1) is 13.8. The Morgan fingerprint density at radius 2 is 1.90 bits per heavy atom. The Morgan fingerprint density at radius 1 is 1.17 bits per heavy atom. The van der Waals surface area contributed by atoms with Crippen molar-refractivity contribution in [3.8, 4) is 0 Å². The van der Waals surface area contributed by atoms with Gasteiger partial charge in [-0.2, -0.15) is 4.31 Å². The number of likely N-dealkylation sites (tertiary alicyclic amines) is 2. The van der Waals surface area contributed by atoms with Gasteiger partial charge in [0.05, 0.1) is 0 Å². The normalized spacial score (nSPS) is 21.0. The lowest BCUT2D eigenvalue weighted by Gasteiger charge is -2.30. The van der Waals surface area contributed by atoms with Gasteiger partial charge in [-0.15, -0.1) is 0 Å². The molecule has 29 heavy (non-hydrogen) atoms. The molecule has 1 aromatic rings. The lowest BCUT2D eigenvalue weighted by molar-refractivity contribution is 0.0787. The van der Waals surface area contributed by atoms with Crippen LogP contribution in [0.3, 0.4) is 0 Å². The first-order valence-corrected chi connectivity index (χ1v) is 12.1. The number of nitrogens with zero attached hydrogens (tertiary/aromatic N) is 4. The number of aromatic amines is 1. The van der Waals surface area contributed by atoms with Crippen molar-refractivity contribution in [2.45, 2.75) is 43.5 Å². The maximum atomic E-state index is 13.4. The summed E-state index contributed by atoms with van der Waals surface area (Å²) in [6.45, 7) is 7.15. The van der Waals surface area contributed by atoms with E-state index in [0.717, 1.165) is 51.9 Å². The van der Waals surface area contributed by atoms with Crippen LogP contribution < -0.4 is 0 Å². The molecular weight excluding hydrogens is 390 g/mol. The molecule has 164 valence electrons. The number of amides is 1. The fourth-order valence-electron chi connectivity index (χ4n) is 4.26. The summed E-state index contributed by atoms with van der Waals surface area (Å²) in [5, 5.41) is 0. The van der Waals surface area contributed by atoms with Crippen LogP contribution in [0.2, 0.25) is 0 Å². The number of nitrogens with one attached hydrogen (secondary N) is 1. The molecule has 0 radical (unpaired) electrons. The Kier molecular flexibility index (Phi) is 7.37. The van der Waals surface area contributed by atoms with E-state index in [2.05, 4.69) is 16.8 Å². The fraction of sp³-hybridized carbons (Fsp3) is 0.750. The van der Waals surface area contributed by atoms with Gasteiger partial charge in [-0.1, -0.05) is 6.92 Å². The molecule has 2 aliphatic heterocycles. The molecule has 1 atom stereocenters. The van der Waals surface area contributed by atoms with Gasteiger partial charge < -0.3 is 14.8 Å². The summed E-state index contributed by atoms with van der Waals surface area (Å²) in [5.41, 5.74) is 0.356. The highest BCUT2D eigenvalue weighted by atomic mass is 32.2. The molecule has 2 fully saturated rings. The van der Waals surface area contributed by atoms with E-state index >= 15 is 0 Å². The molecule has 0 saturated carbocycles. The SMILES string of the molecule is CCN1CCCC1CN(CCN(C)C)S(=O)(=O)c1c[nH]c(C(=O)N2CCCC2)c1. The van der Waals surface area contributed by atoms with E-state index in [1.807, 2.05) is 19.0 Å². The first kappa shape index (κ1) is 22.3. The van der Waals surface area contributed by atoms with Crippen molar-refractivity contribution in [2.24, 2.45) is 0 Å². The standard InChI is InChI=1S/C20H35N5O3S/c1-4-23-11-7-8-17(23)16-25(13-12-22(2)3)29(27,28)18-14-19(21-15-18)20(26)24-9-5-6-10-24/h14-15,17,21H,4-13,16H2,1-3H3. The highest BCUT2D eigenvalue weighted by Gasteiger charge is 2.32. The molecule has 0 spiro atoms. The number of hydrogen-bond acceptors (Lipinski definition) is 5. The number of likely N-dealkylation sites (N-methyl/N-ethyl adjacent to an activating group) is 2. The summed E-state index contributed by atoms with van der Waals surface area (Å²) in [7, 11) is 0.218. The van der Waals surface area contributed by atoms with E-state index in [4.69, 9.17) is 0 Å². The Hall–Kier alpha value is -1.42. The van der Waals surface area contributed by atoms with E-state index in [9.17, 15) is 13.2 Å². The Morgan fingerprint density at radius 3 is 2.55 bits per heavy atom. The number of carbonyl (C=O) groups is 1. The summed E-state index contributed by atoms with van der Waals surface area (Å²) in [6.07, 6.45) is 5.61. The monoisotopic (exact) mass is 425 g/mol. The molecular formula is C20H35N5O3S. The van der Waals surface area contributed by atoms with Gasteiger partial charge in [-0.05, 0) is 58.9 Å². The maximum absolute atomic E-state index is 13.4. The molecule has 0 aliphatic carbocycles. The number of H-pyrrole nitrogens is 1. The second kappa shape index (κ2) is 9.59. The zero-order valence-corrected chi connectivity index (χ0v) is 18.7. The number of sulfonamides is 1. The number of aromatic nitrogens is 1. The maximum Gasteiger partial charge on any atom is 0.270 e. The van der Waals surface area contributed by atoms with Gasteiger partial charge in [-0.25, -0.2) is 8.42 Å². The number of hydrogen-bond donors (Lipinski definition) is 1. The highest BCUT2D eigenvalue weighted by Crippen LogP contribution is 2.23. The van der Waals surface area contributed by atoms with E-state index in [1.54, 1.807) is 9.21 Å². The van der Waals surface area contributed by atoms with Crippen molar-refractivity contribution in [1.82, 2.24) is 24.0 Å². The third-order valence-electron chi connectivity index (χ3n) is 6.03. The van der Waals surface area contributed by atoms with Crippen LogP contribution in [-0.2, 0) is 10.0 Å². The zero-order valence-electron chi connectivity index (χ0n) is 17.9. The molecule has 2 aliphatic rings. The summed E-state index contributed by atoms with van der Waals surface area (Å²) in [6, 6.07) is 1.76. The molecule has 1 aromatic heterocycles. The van der Waals surface area contributed by atoms with Gasteiger partial charge in [0.25, 0.3) is 5.91 Å². The molecule has 3 heterocycles. The minimum Gasteiger partial charge on any atom is -0.356 e. The lowest BCUT2D eigenvalue weighted by atomic mass is 10.2. The van der Waals surface area contributed by atoms with Gasteiger partial charge in [0, 0.05) is 45.0 Å². The molecule has 3 rings (SSSR count). The zero-order chi connectivity index (χ0) is 21.0. The van der Waals surface area contributed by atoms with Gasteiger partial charge in [0.15, 0.2) is 0 Å². The summed E-state index contributed by atoms with van der Waals surface area (Å²) in [5.74, 6) is -0.114. The minimum absolute atomic E-state index is 0.114. The summed E-state index contributed by atoms with van der Waals surface area (Å²) >= 11 is 0. The Balaban J connectivity index is 1.79. The van der Waals surface area contributed by atoms with Crippen molar-refractivity contribution in [3.05, 3.63) is 18.0 Å². The molecule has 0 aromatic carbocycles. The smallest absolute Gasteiger partial charge is 0.270 e. The van der Waals surface area contributed by atoms with Crippen LogP contribution in [0.5, 0.6) is 0 Å². The molecule has 8 nitrogen and oxygen atoms in total. The largest absolute Gasteiger partial charge is 0.356 e. The van der Waals surface area contributed by atoms with Crippen LogP contribution in [-0.4, -0.2) is 104 Å². The predicted octanol–water partition coefficient (Wildman–Crippen LogP) is 1.29. The van der Waals surface area contributed by atoms with E-state index < -0.39 is 10.0 Å². The number of rotatable bonds is 9. The second-order valence-corrected chi connectivity index (χ2v) is 10.3. The molecule has 0 bridgehead atoms. The van der Waals surface area contributed by atoms with Gasteiger partial charge >= 0.3 is 0 Å². The van der Waals surface area contributed by atoms with Gasteiger partial charge in [0.2, 0.25) is 10.0 Å². The van der Waals surface area contributed by atoms with Crippen LogP contribution in [0, 0.1) is 0 Å². The van der Waals surface area contributed by atoms with Crippen molar-refractivity contribution in [2.75, 3.05) is 59.9 Å². The third kappa shape index (κ3) is 5.20. The summed E-state index contributed by atoms with van der Waals surface area (Å²) in [4.78, 5) is 21.8. The highest BCUT2D eigenvalue weighted by molar-refractivity contribution is 7.89. The van der Waals surface area contributed by atoms with Gasteiger partial charge in [-0.3, -0.25) is 9.69 Å². The first-order valence-electron chi connectivity index (χ1n) is 10.7. The third-order valence-corrected chi connectivity index (χ3v) is 7.88. The topological polar surface area (TPSA) is 80.0 Å². The van der Waals surface area contributed by atoms with Gasteiger partial charge in [0.1, 0.15) is 10.6 Å². The lowest BCUT2D eigenvalue weighted by Crippen LogP contribution is -2.45. The average molecular weight is 426 g/mol. The summed E-state index contributed by atoms with van der Waals surface area (Å²) < 4.78 is 28.5. The van der Waals surface area contributed by atoms with Crippen LogP contribution in [0.15, 0.2) is 17.2 Å². The molecule has 1 unspecified atom stereocenters. The van der Waals surface area contributed by atoms with Crippen LogP contribution in [0.1, 0.15) is 43.1 Å².